The average molecular weight is 451 g/mol. The predicted molar refractivity (Wildman–Crippen MR) is 132 cm³/mol. The molecule has 1 N–H and O–H groups in total. The number of hydrogen-bond acceptors (Lipinski definition) is 2. The van der Waals surface area contributed by atoms with E-state index in [1.54, 1.807) is 12.1 Å². The molecule has 0 radical (unpaired) electrons. The highest BCUT2D eigenvalue weighted by molar-refractivity contribution is 6.30. The van der Waals surface area contributed by atoms with Gasteiger partial charge in [0.15, 0.2) is 0 Å². The van der Waals surface area contributed by atoms with E-state index in [2.05, 4.69) is 16.7 Å². The lowest BCUT2D eigenvalue weighted by molar-refractivity contribution is 0.0697. The number of carboxylic acids is 1. The maximum absolute atomic E-state index is 11.4. The number of halogens is 1. The van der Waals surface area contributed by atoms with Crippen LogP contribution in [0, 0.1) is 0 Å². The Morgan fingerprint density at radius 1 is 0.697 bits per heavy atom. The normalized spacial score (nSPS) is 10.8. The number of rotatable bonds is 5. The highest BCUT2D eigenvalue weighted by Gasteiger charge is 2.22. The van der Waals surface area contributed by atoms with Crippen molar-refractivity contribution in [2.75, 3.05) is 0 Å². The SMILES string of the molecule is O=C(O)c1ccc(-n2c(-c3ccc(Cl)cc3)nc(-c3ccccc3)c2-c2ccccc2)cc1. The Bertz CT molecular complexity index is 1410. The molecular weight excluding hydrogens is 432 g/mol. The van der Waals surface area contributed by atoms with Gasteiger partial charge in [0.05, 0.1) is 17.0 Å². The van der Waals surface area contributed by atoms with Crippen LogP contribution in [0.5, 0.6) is 0 Å². The van der Waals surface area contributed by atoms with E-state index >= 15 is 0 Å². The van der Waals surface area contributed by atoms with Crippen molar-refractivity contribution in [3.05, 3.63) is 120 Å². The van der Waals surface area contributed by atoms with Gasteiger partial charge in [-0.05, 0) is 48.5 Å². The summed E-state index contributed by atoms with van der Waals surface area (Å²) in [6, 6.07) is 34.5. The fraction of sp³-hybridized carbons (Fsp3) is 0. The lowest BCUT2D eigenvalue weighted by Gasteiger charge is -2.14. The molecule has 1 heterocycles. The van der Waals surface area contributed by atoms with Gasteiger partial charge in [0.1, 0.15) is 5.82 Å². The summed E-state index contributed by atoms with van der Waals surface area (Å²) in [6.07, 6.45) is 0. The first-order valence-corrected chi connectivity index (χ1v) is 10.8. The number of carbonyl (C=O) groups is 1. The number of nitrogens with zero attached hydrogens (tertiary/aromatic N) is 2. The Labute approximate surface area is 196 Å². The van der Waals surface area contributed by atoms with Crippen LogP contribution in [0.3, 0.4) is 0 Å². The summed E-state index contributed by atoms with van der Waals surface area (Å²) in [5.74, 6) is -0.217. The van der Waals surface area contributed by atoms with Gasteiger partial charge in [-0.1, -0.05) is 72.3 Å². The van der Waals surface area contributed by atoms with E-state index in [4.69, 9.17) is 16.6 Å². The summed E-state index contributed by atoms with van der Waals surface area (Å²) in [5, 5.41) is 10.0. The van der Waals surface area contributed by atoms with Gasteiger partial charge in [-0.15, -0.1) is 0 Å². The molecule has 0 aliphatic rings. The number of aromatic carboxylic acids is 1. The number of imidazole rings is 1. The van der Waals surface area contributed by atoms with Crippen LogP contribution < -0.4 is 0 Å². The minimum atomic E-state index is -0.960. The molecule has 0 fully saturated rings. The molecule has 4 aromatic carbocycles. The summed E-state index contributed by atoms with van der Waals surface area (Å²) in [6.45, 7) is 0. The van der Waals surface area contributed by atoms with Crippen molar-refractivity contribution in [1.29, 1.82) is 0 Å². The fourth-order valence-electron chi connectivity index (χ4n) is 3.88. The van der Waals surface area contributed by atoms with E-state index in [1.165, 1.54) is 0 Å². The molecule has 0 spiro atoms. The van der Waals surface area contributed by atoms with Crippen molar-refractivity contribution < 1.29 is 9.90 Å². The largest absolute Gasteiger partial charge is 0.478 e. The van der Waals surface area contributed by atoms with Crippen LogP contribution in [0.1, 0.15) is 10.4 Å². The van der Waals surface area contributed by atoms with Gasteiger partial charge in [0.2, 0.25) is 0 Å². The second kappa shape index (κ2) is 8.77. The number of hydrogen-bond donors (Lipinski definition) is 1. The molecule has 0 atom stereocenters. The topological polar surface area (TPSA) is 55.1 Å². The molecule has 33 heavy (non-hydrogen) atoms. The van der Waals surface area contributed by atoms with E-state index in [0.29, 0.717) is 5.02 Å². The molecule has 0 saturated heterocycles. The Hall–Kier alpha value is -4.15. The lowest BCUT2D eigenvalue weighted by atomic mass is 10.0. The van der Waals surface area contributed by atoms with E-state index in [1.807, 2.05) is 84.9 Å². The highest BCUT2D eigenvalue weighted by atomic mass is 35.5. The third kappa shape index (κ3) is 4.04. The zero-order valence-corrected chi connectivity index (χ0v) is 18.3. The predicted octanol–water partition coefficient (Wildman–Crippen LogP) is 7.22. The molecular formula is C28H19ClN2O2. The fourth-order valence-corrected chi connectivity index (χ4v) is 4.00. The van der Waals surface area contributed by atoms with E-state index < -0.39 is 5.97 Å². The van der Waals surface area contributed by atoms with Crippen LogP contribution in [0.15, 0.2) is 109 Å². The molecule has 5 aromatic rings. The molecule has 0 amide bonds. The van der Waals surface area contributed by atoms with E-state index in [0.717, 1.165) is 39.6 Å². The summed E-state index contributed by atoms with van der Waals surface area (Å²) >= 11 is 6.15. The van der Waals surface area contributed by atoms with Crippen LogP contribution in [0.4, 0.5) is 0 Å². The molecule has 0 aliphatic heterocycles. The summed E-state index contributed by atoms with van der Waals surface area (Å²) in [5.41, 5.74) is 5.72. The van der Waals surface area contributed by atoms with Crippen molar-refractivity contribution in [2.45, 2.75) is 0 Å². The lowest BCUT2D eigenvalue weighted by Crippen LogP contribution is -2.02. The molecule has 160 valence electrons. The van der Waals surface area contributed by atoms with E-state index in [-0.39, 0.29) is 5.56 Å². The van der Waals surface area contributed by atoms with Gasteiger partial charge in [-0.3, -0.25) is 4.57 Å². The van der Waals surface area contributed by atoms with Gasteiger partial charge < -0.3 is 5.11 Å². The smallest absolute Gasteiger partial charge is 0.335 e. The van der Waals surface area contributed by atoms with Crippen LogP contribution in [-0.2, 0) is 0 Å². The minimum Gasteiger partial charge on any atom is -0.478 e. The number of aromatic nitrogens is 2. The summed E-state index contributed by atoms with van der Waals surface area (Å²) in [7, 11) is 0. The molecule has 4 nitrogen and oxygen atoms in total. The van der Waals surface area contributed by atoms with E-state index in [9.17, 15) is 9.90 Å². The van der Waals surface area contributed by atoms with Crippen molar-refractivity contribution in [3.63, 3.8) is 0 Å². The monoisotopic (exact) mass is 450 g/mol. The van der Waals surface area contributed by atoms with Crippen molar-refractivity contribution in [3.8, 4) is 39.6 Å². The molecule has 1 aromatic heterocycles. The van der Waals surface area contributed by atoms with Crippen LogP contribution in [-0.4, -0.2) is 20.6 Å². The van der Waals surface area contributed by atoms with Crippen molar-refractivity contribution in [2.24, 2.45) is 0 Å². The van der Waals surface area contributed by atoms with Gasteiger partial charge in [0, 0.05) is 27.4 Å². The average Bonchev–Trinajstić information content (AvgIpc) is 3.26. The standard InChI is InChI=1S/C28H19ClN2O2/c29-23-15-11-21(12-16-23)27-30-25(19-7-3-1-4-8-19)26(20-9-5-2-6-10-20)31(27)24-17-13-22(14-18-24)28(32)33/h1-18H,(H,32,33). The molecule has 5 heteroatoms. The maximum atomic E-state index is 11.4. The van der Waals surface area contributed by atoms with Crippen LogP contribution in [0.25, 0.3) is 39.6 Å². The second-order valence-electron chi connectivity index (χ2n) is 7.56. The van der Waals surface area contributed by atoms with Crippen LogP contribution in [0.2, 0.25) is 5.02 Å². The number of benzene rings is 4. The Kier molecular flexibility index (Phi) is 5.51. The van der Waals surface area contributed by atoms with Gasteiger partial charge in [-0.2, -0.15) is 0 Å². The quantitative estimate of drug-likeness (QED) is 0.307. The van der Waals surface area contributed by atoms with Crippen LogP contribution >= 0.6 is 11.6 Å². The molecule has 0 saturated carbocycles. The summed E-state index contributed by atoms with van der Waals surface area (Å²) in [4.78, 5) is 16.5. The molecule has 0 unspecified atom stereocenters. The van der Waals surface area contributed by atoms with Crippen molar-refractivity contribution in [1.82, 2.24) is 9.55 Å². The maximum Gasteiger partial charge on any atom is 0.335 e. The Morgan fingerprint density at radius 3 is 1.85 bits per heavy atom. The molecule has 0 aliphatic carbocycles. The first kappa shape index (κ1) is 20.7. The molecule has 5 rings (SSSR count). The zero-order valence-electron chi connectivity index (χ0n) is 17.5. The first-order chi connectivity index (χ1) is 16.1. The van der Waals surface area contributed by atoms with Crippen molar-refractivity contribution >= 4 is 17.6 Å². The Morgan fingerprint density at radius 2 is 1.27 bits per heavy atom. The second-order valence-corrected chi connectivity index (χ2v) is 8.00. The van der Waals surface area contributed by atoms with Gasteiger partial charge in [0.25, 0.3) is 0 Å². The third-order valence-electron chi connectivity index (χ3n) is 5.45. The highest BCUT2D eigenvalue weighted by Crippen LogP contribution is 2.38. The van der Waals surface area contributed by atoms with Gasteiger partial charge in [-0.25, -0.2) is 9.78 Å². The van der Waals surface area contributed by atoms with Gasteiger partial charge >= 0.3 is 5.97 Å². The zero-order chi connectivity index (χ0) is 22.8. The minimum absolute atomic E-state index is 0.233. The number of carboxylic acid groups (broad SMARTS) is 1. The summed E-state index contributed by atoms with van der Waals surface area (Å²) < 4.78 is 2.08. The molecule has 0 bridgehead atoms. The Balaban J connectivity index is 1.85. The third-order valence-corrected chi connectivity index (χ3v) is 5.70. The first-order valence-electron chi connectivity index (χ1n) is 10.4.